The molecule has 4 rings (SSSR count). The van der Waals surface area contributed by atoms with Crippen LogP contribution in [0.3, 0.4) is 0 Å². The van der Waals surface area contributed by atoms with E-state index in [1.807, 2.05) is 0 Å². The van der Waals surface area contributed by atoms with Gasteiger partial charge in [-0.1, -0.05) is 6.07 Å². The van der Waals surface area contributed by atoms with Crippen LogP contribution in [0.15, 0.2) is 60.7 Å². The number of benzene rings is 3. The minimum Gasteiger partial charge on any atom is -0.489 e. The summed E-state index contributed by atoms with van der Waals surface area (Å²) in [6.07, 6.45) is 0. The number of ether oxygens (including phenoxy) is 1. The number of H-pyrrole nitrogens is 1. The Morgan fingerprint density at radius 3 is 2.45 bits per heavy atom. The standard InChI is InChI=1S/C21H14F3N3O2/c22-13-6-4-12(5-7-13)21(28)25-20-15-10-14(8-9-19(15)26-27-20)29-11-16-17(23)2-1-3-18(16)24/h1-10H,11H2,(H2,25,26,27,28). The average Bonchev–Trinajstić information content (AvgIpc) is 3.10. The zero-order valence-electron chi connectivity index (χ0n) is 14.9. The van der Waals surface area contributed by atoms with E-state index >= 15 is 0 Å². The van der Waals surface area contributed by atoms with Crippen molar-refractivity contribution in [2.24, 2.45) is 0 Å². The minimum absolute atomic E-state index is 0.176. The van der Waals surface area contributed by atoms with E-state index in [2.05, 4.69) is 15.5 Å². The SMILES string of the molecule is O=C(Nc1n[nH]c2ccc(OCc3c(F)cccc3F)cc12)c1ccc(F)cc1. The maximum Gasteiger partial charge on any atom is 0.256 e. The number of carbonyl (C=O) groups is 1. The number of aromatic nitrogens is 2. The van der Waals surface area contributed by atoms with Gasteiger partial charge in [-0.3, -0.25) is 9.89 Å². The summed E-state index contributed by atoms with van der Waals surface area (Å²) >= 11 is 0. The molecule has 146 valence electrons. The van der Waals surface area contributed by atoms with E-state index in [-0.39, 0.29) is 23.6 Å². The first-order chi connectivity index (χ1) is 14.0. The van der Waals surface area contributed by atoms with Gasteiger partial charge in [0.1, 0.15) is 29.8 Å². The predicted molar refractivity (Wildman–Crippen MR) is 101 cm³/mol. The molecule has 0 spiro atoms. The van der Waals surface area contributed by atoms with Gasteiger partial charge in [-0.05, 0) is 54.6 Å². The molecule has 5 nitrogen and oxygen atoms in total. The van der Waals surface area contributed by atoms with Gasteiger partial charge in [0.05, 0.1) is 11.1 Å². The number of nitrogens with one attached hydrogen (secondary N) is 2. The zero-order chi connectivity index (χ0) is 20.4. The van der Waals surface area contributed by atoms with Gasteiger partial charge in [-0.25, -0.2) is 13.2 Å². The van der Waals surface area contributed by atoms with Crippen LogP contribution in [0.25, 0.3) is 10.9 Å². The lowest BCUT2D eigenvalue weighted by atomic mass is 10.2. The van der Waals surface area contributed by atoms with Gasteiger partial charge in [0.25, 0.3) is 5.91 Å². The molecule has 0 bridgehead atoms. The number of halogens is 3. The largest absolute Gasteiger partial charge is 0.489 e. The normalized spacial score (nSPS) is 10.9. The number of anilines is 1. The second-order valence-corrected chi connectivity index (χ2v) is 6.23. The molecular weight excluding hydrogens is 383 g/mol. The molecule has 0 aliphatic carbocycles. The van der Waals surface area contributed by atoms with Crippen LogP contribution in [0.4, 0.5) is 19.0 Å². The Bertz CT molecular complexity index is 1170. The van der Waals surface area contributed by atoms with Gasteiger partial charge >= 0.3 is 0 Å². The molecule has 0 saturated carbocycles. The number of hydrogen-bond donors (Lipinski definition) is 2. The van der Waals surface area contributed by atoms with Crippen molar-refractivity contribution in [3.8, 4) is 5.75 Å². The summed E-state index contributed by atoms with van der Waals surface area (Å²) in [5.41, 5.74) is 0.721. The van der Waals surface area contributed by atoms with E-state index in [0.717, 1.165) is 12.1 Å². The number of amides is 1. The molecule has 1 amide bonds. The fourth-order valence-electron chi connectivity index (χ4n) is 2.78. The molecule has 0 radical (unpaired) electrons. The van der Waals surface area contributed by atoms with Crippen LogP contribution in [-0.4, -0.2) is 16.1 Å². The van der Waals surface area contributed by atoms with E-state index in [1.165, 1.54) is 30.3 Å². The Morgan fingerprint density at radius 1 is 1.00 bits per heavy atom. The first-order valence-electron chi connectivity index (χ1n) is 8.62. The van der Waals surface area contributed by atoms with Crippen molar-refractivity contribution in [2.45, 2.75) is 6.61 Å². The number of carbonyl (C=O) groups excluding carboxylic acids is 1. The lowest BCUT2D eigenvalue weighted by molar-refractivity contribution is 0.102. The number of rotatable bonds is 5. The van der Waals surface area contributed by atoms with Crippen LogP contribution in [0, 0.1) is 17.5 Å². The first-order valence-corrected chi connectivity index (χ1v) is 8.62. The summed E-state index contributed by atoms with van der Waals surface area (Å²) in [5, 5.41) is 10.0. The van der Waals surface area contributed by atoms with E-state index in [9.17, 15) is 18.0 Å². The zero-order valence-corrected chi connectivity index (χ0v) is 14.9. The summed E-state index contributed by atoms with van der Waals surface area (Å²) in [6, 6.07) is 13.6. The molecule has 0 aliphatic rings. The van der Waals surface area contributed by atoms with Crippen molar-refractivity contribution in [1.29, 1.82) is 0 Å². The highest BCUT2D eigenvalue weighted by Gasteiger charge is 2.13. The second-order valence-electron chi connectivity index (χ2n) is 6.23. The van der Waals surface area contributed by atoms with Crippen molar-refractivity contribution < 1.29 is 22.7 Å². The van der Waals surface area contributed by atoms with Crippen LogP contribution in [0.5, 0.6) is 5.75 Å². The van der Waals surface area contributed by atoms with E-state index < -0.39 is 23.4 Å². The Morgan fingerprint density at radius 2 is 1.72 bits per heavy atom. The van der Waals surface area contributed by atoms with Crippen LogP contribution >= 0.6 is 0 Å². The fourth-order valence-corrected chi connectivity index (χ4v) is 2.78. The minimum atomic E-state index is -0.693. The van der Waals surface area contributed by atoms with Gasteiger partial charge in [0.15, 0.2) is 5.82 Å². The molecular formula is C21H14F3N3O2. The average molecular weight is 397 g/mol. The first kappa shape index (κ1) is 18.5. The molecule has 1 aromatic heterocycles. The third kappa shape index (κ3) is 3.91. The van der Waals surface area contributed by atoms with Gasteiger partial charge < -0.3 is 10.1 Å². The van der Waals surface area contributed by atoms with Crippen molar-refractivity contribution in [3.63, 3.8) is 0 Å². The van der Waals surface area contributed by atoms with Crippen LogP contribution < -0.4 is 10.1 Å². The molecule has 0 fully saturated rings. The number of fused-ring (bicyclic) bond motifs is 1. The molecule has 29 heavy (non-hydrogen) atoms. The fraction of sp³-hybridized carbons (Fsp3) is 0.0476. The molecule has 3 aromatic carbocycles. The van der Waals surface area contributed by atoms with Crippen LogP contribution in [-0.2, 0) is 6.61 Å². The molecule has 0 aliphatic heterocycles. The highest BCUT2D eigenvalue weighted by Crippen LogP contribution is 2.26. The Balaban J connectivity index is 1.54. The van der Waals surface area contributed by atoms with Crippen LogP contribution in [0.1, 0.15) is 15.9 Å². The third-order valence-electron chi connectivity index (χ3n) is 4.32. The molecule has 2 N–H and O–H groups in total. The summed E-state index contributed by atoms with van der Waals surface area (Å²) in [7, 11) is 0. The van der Waals surface area contributed by atoms with Crippen molar-refractivity contribution >= 4 is 22.6 Å². The highest BCUT2D eigenvalue weighted by atomic mass is 19.1. The summed E-state index contributed by atoms with van der Waals surface area (Å²) < 4.78 is 46.0. The van der Waals surface area contributed by atoms with Crippen molar-refractivity contribution in [1.82, 2.24) is 10.2 Å². The van der Waals surface area contributed by atoms with Gasteiger partial charge in [0.2, 0.25) is 0 Å². The summed E-state index contributed by atoms with van der Waals surface area (Å²) in [6.45, 7) is -0.293. The maximum absolute atomic E-state index is 13.7. The lowest BCUT2D eigenvalue weighted by Crippen LogP contribution is -2.12. The summed E-state index contributed by atoms with van der Waals surface area (Å²) in [5.74, 6) is -1.70. The van der Waals surface area contributed by atoms with Crippen molar-refractivity contribution in [2.75, 3.05) is 5.32 Å². The monoisotopic (exact) mass is 397 g/mol. The Labute approximate surface area is 163 Å². The van der Waals surface area contributed by atoms with Gasteiger partial charge in [-0.2, -0.15) is 5.10 Å². The number of aromatic amines is 1. The van der Waals surface area contributed by atoms with Gasteiger partial charge in [0, 0.05) is 10.9 Å². The maximum atomic E-state index is 13.7. The van der Waals surface area contributed by atoms with Crippen LogP contribution in [0.2, 0.25) is 0 Å². The van der Waals surface area contributed by atoms with Crippen molar-refractivity contribution in [3.05, 3.63) is 89.2 Å². The Kier molecular flexibility index (Phi) is 4.90. The molecule has 4 aromatic rings. The quantitative estimate of drug-likeness (QED) is 0.508. The van der Waals surface area contributed by atoms with Gasteiger partial charge in [-0.15, -0.1) is 0 Å². The van der Waals surface area contributed by atoms with E-state index in [1.54, 1.807) is 18.2 Å². The third-order valence-corrected chi connectivity index (χ3v) is 4.32. The molecule has 0 unspecified atom stereocenters. The second kappa shape index (κ2) is 7.67. The number of hydrogen-bond acceptors (Lipinski definition) is 3. The van der Waals surface area contributed by atoms with E-state index in [0.29, 0.717) is 16.7 Å². The molecule has 0 saturated heterocycles. The smallest absolute Gasteiger partial charge is 0.256 e. The number of nitrogens with zero attached hydrogens (tertiary/aromatic N) is 1. The van der Waals surface area contributed by atoms with E-state index in [4.69, 9.17) is 4.74 Å². The molecule has 8 heteroatoms. The topological polar surface area (TPSA) is 67.0 Å². The summed E-state index contributed by atoms with van der Waals surface area (Å²) in [4.78, 5) is 12.3. The Hall–Kier alpha value is -3.81. The highest BCUT2D eigenvalue weighted by molar-refractivity contribution is 6.07. The molecule has 0 atom stereocenters. The predicted octanol–water partition coefficient (Wildman–Crippen LogP) is 4.81. The molecule has 1 heterocycles. The lowest BCUT2D eigenvalue weighted by Gasteiger charge is -2.08.